The van der Waals surface area contributed by atoms with Gasteiger partial charge in [-0.2, -0.15) is 0 Å². The monoisotopic (exact) mass is 198 g/mol. The Morgan fingerprint density at radius 1 is 1.36 bits per heavy atom. The van der Waals surface area contributed by atoms with Crippen LogP contribution in [0.5, 0.6) is 0 Å². The fourth-order valence-electron chi connectivity index (χ4n) is 2.37. The van der Waals surface area contributed by atoms with Crippen LogP contribution in [0, 0.1) is 0 Å². The lowest BCUT2D eigenvalue weighted by molar-refractivity contribution is -0.129. The molecule has 2 aliphatic rings. The van der Waals surface area contributed by atoms with Crippen LogP contribution in [0.1, 0.15) is 25.7 Å². The Morgan fingerprint density at radius 2 is 2.21 bits per heavy atom. The van der Waals surface area contributed by atoms with Crippen LogP contribution in [-0.2, 0) is 4.79 Å². The van der Waals surface area contributed by atoms with Crippen molar-refractivity contribution < 1.29 is 9.90 Å². The van der Waals surface area contributed by atoms with Gasteiger partial charge in [-0.3, -0.25) is 9.69 Å². The summed E-state index contributed by atoms with van der Waals surface area (Å²) in [5.41, 5.74) is 0. The van der Waals surface area contributed by atoms with Crippen LogP contribution in [-0.4, -0.2) is 47.7 Å². The van der Waals surface area contributed by atoms with Gasteiger partial charge in [0.1, 0.15) is 0 Å². The van der Waals surface area contributed by atoms with Crippen LogP contribution < -0.4 is 5.32 Å². The van der Waals surface area contributed by atoms with Crippen molar-refractivity contribution >= 4 is 5.91 Å². The fraction of sp³-hybridized carbons (Fsp3) is 0.900. The van der Waals surface area contributed by atoms with Crippen molar-refractivity contribution in [3.8, 4) is 0 Å². The van der Waals surface area contributed by atoms with E-state index in [0.717, 1.165) is 38.8 Å². The SMILES string of the molecule is O=C1NCCC[C@@H]1N1CCC[C@@H](O)C1. The third-order valence-electron chi connectivity index (χ3n) is 3.12. The van der Waals surface area contributed by atoms with Crippen LogP contribution >= 0.6 is 0 Å². The van der Waals surface area contributed by atoms with Gasteiger partial charge in [-0.1, -0.05) is 0 Å². The zero-order valence-corrected chi connectivity index (χ0v) is 8.41. The summed E-state index contributed by atoms with van der Waals surface area (Å²) in [6.45, 7) is 2.43. The van der Waals surface area contributed by atoms with Gasteiger partial charge >= 0.3 is 0 Å². The molecule has 2 aliphatic heterocycles. The molecule has 0 aromatic heterocycles. The first-order chi connectivity index (χ1) is 6.77. The maximum absolute atomic E-state index is 11.6. The fourth-order valence-corrected chi connectivity index (χ4v) is 2.37. The van der Waals surface area contributed by atoms with E-state index in [1.807, 2.05) is 0 Å². The molecule has 0 unspecified atom stereocenters. The van der Waals surface area contributed by atoms with Crippen LogP contribution in [0.25, 0.3) is 0 Å². The number of β-amino-alcohol motifs (C(OH)–C–C–N with tert-alkyl or cyclic N) is 1. The minimum atomic E-state index is -0.238. The Morgan fingerprint density at radius 3 is 2.93 bits per heavy atom. The highest BCUT2D eigenvalue weighted by molar-refractivity contribution is 5.82. The number of carbonyl (C=O) groups is 1. The number of hydrogen-bond donors (Lipinski definition) is 2. The molecule has 0 spiro atoms. The molecule has 4 nitrogen and oxygen atoms in total. The molecule has 2 heterocycles. The number of piperidine rings is 2. The van der Waals surface area contributed by atoms with Crippen molar-refractivity contribution in [1.29, 1.82) is 0 Å². The standard InChI is InChI=1S/C10H18N2O2/c13-8-3-2-6-12(7-8)9-4-1-5-11-10(9)14/h8-9,13H,1-7H2,(H,11,14)/t8-,9+/m1/s1. The summed E-state index contributed by atoms with van der Waals surface area (Å²) in [5, 5.41) is 12.4. The van der Waals surface area contributed by atoms with Crippen molar-refractivity contribution in [1.82, 2.24) is 10.2 Å². The molecule has 4 heteroatoms. The number of amides is 1. The van der Waals surface area contributed by atoms with Crippen molar-refractivity contribution in [2.45, 2.75) is 37.8 Å². The summed E-state index contributed by atoms with van der Waals surface area (Å²) in [6, 6.07) is 0.0127. The van der Waals surface area contributed by atoms with Crippen molar-refractivity contribution in [2.24, 2.45) is 0 Å². The molecular formula is C10H18N2O2. The second-order valence-electron chi connectivity index (χ2n) is 4.24. The highest BCUT2D eigenvalue weighted by Gasteiger charge is 2.31. The van der Waals surface area contributed by atoms with Gasteiger partial charge in [0, 0.05) is 13.1 Å². The van der Waals surface area contributed by atoms with E-state index in [2.05, 4.69) is 10.2 Å². The molecule has 2 atom stereocenters. The van der Waals surface area contributed by atoms with Gasteiger partial charge in [-0.05, 0) is 32.2 Å². The number of aliphatic hydroxyl groups excluding tert-OH is 1. The number of nitrogens with one attached hydrogen (secondary N) is 1. The van der Waals surface area contributed by atoms with E-state index in [0.29, 0.717) is 6.54 Å². The molecular weight excluding hydrogens is 180 g/mol. The van der Waals surface area contributed by atoms with Gasteiger partial charge in [0.15, 0.2) is 0 Å². The molecule has 14 heavy (non-hydrogen) atoms. The minimum Gasteiger partial charge on any atom is -0.392 e. The topological polar surface area (TPSA) is 52.6 Å². The maximum atomic E-state index is 11.6. The summed E-state index contributed by atoms with van der Waals surface area (Å²) >= 11 is 0. The zero-order chi connectivity index (χ0) is 9.97. The van der Waals surface area contributed by atoms with Crippen molar-refractivity contribution in [3.05, 3.63) is 0 Å². The predicted molar refractivity (Wildman–Crippen MR) is 52.8 cm³/mol. The van der Waals surface area contributed by atoms with E-state index >= 15 is 0 Å². The first-order valence-electron chi connectivity index (χ1n) is 5.47. The van der Waals surface area contributed by atoms with Gasteiger partial charge in [-0.15, -0.1) is 0 Å². The molecule has 0 bridgehead atoms. The van der Waals surface area contributed by atoms with Gasteiger partial charge < -0.3 is 10.4 Å². The van der Waals surface area contributed by atoms with Crippen molar-refractivity contribution in [2.75, 3.05) is 19.6 Å². The summed E-state index contributed by atoms with van der Waals surface area (Å²) in [4.78, 5) is 13.7. The zero-order valence-electron chi connectivity index (χ0n) is 8.41. The Labute approximate surface area is 84.3 Å². The third-order valence-corrected chi connectivity index (χ3v) is 3.12. The molecule has 2 rings (SSSR count). The number of hydrogen-bond acceptors (Lipinski definition) is 3. The number of carbonyl (C=O) groups excluding carboxylic acids is 1. The molecule has 0 aromatic carbocycles. The lowest BCUT2D eigenvalue weighted by Crippen LogP contribution is -2.54. The van der Waals surface area contributed by atoms with Gasteiger partial charge in [0.2, 0.25) is 5.91 Å². The molecule has 0 saturated carbocycles. The molecule has 0 aliphatic carbocycles. The molecule has 0 radical (unpaired) electrons. The van der Waals surface area contributed by atoms with Gasteiger partial charge in [0.25, 0.3) is 0 Å². The number of rotatable bonds is 1. The van der Waals surface area contributed by atoms with E-state index in [1.54, 1.807) is 0 Å². The largest absolute Gasteiger partial charge is 0.392 e. The summed E-state index contributed by atoms with van der Waals surface area (Å²) < 4.78 is 0. The molecule has 2 saturated heterocycles. The predicted octanol–water partition coefficient (Wildman–Crippen LogP) is -0.278. The Kier molecular flexibility index (Phi) is 3.03. The average Bonchev–Trinajstić information content (AvgIpc) is 2.18. The number of nitrogens with zero attached hydrogens (tertiary/aromatic N) is 1. The van der Waals surface area contributed by atoms with E-state index in [9.17, 15) is 9.90 Å². The average molecular weight is 198 g/mol. The van der Waals surface area contributed by atoms with E-state index in [1.165, 1.54) is 0 Å². The first kappa shape index (κ1) is 9.93. The second-order valence-corrected chi connectivity index (χ2v) is 4.24. The highest BCUT2D eigenvalue weighted by atomic mass is 16.3. The van der Waals surface area contributed by atoms with Crippen LogP contribution in [0.4, 0.5) is 0 Å². The molecule has 0 aromatic rings. The summed E-state index contributed by atoms with van der Waals surface area (Å²) in [6.07, 6.45) is 3.65. The molecule has 2 fully saturated rings. The van der Waals surface area contributed by atoms with Crippen LogP contribution in [0.2, 0.25) is 0 Å². The quantitative estimate of drug-likeness (QED) is 0.609. The molecule has 80 valence electrons. The number of aliphatic hydroxyl groups is 1. The van der Waals surface area contributed by atoms with E-state index in [-0.39, 0.29) is 18.1 Å². The molecule has 1 amide bonds. The third kappa shape index (κ3) is 2.07. The van der Waals surface area contributed by atoms with Gasteiger partial charge in [-0.25, -0.2) is 0 Å². The maximum Gasteiger partial charge on any atom is 0.237 e. The first-order valence-corrected chi connectivity index (χ1v) is 5.47. The normalized spacial score (nSPS) is 35.4. The summed E-state index contributed by atoms with van der Waals surface area (Å²) in [5.74, 6) is 0.144. The smallest absolute Gasteiger partial charge is 0.237 e. The molecule has 2 N–H and O–H groups in total. The van der Waals surface area contributed by atoms with Crippen LogP contribution in [0.15, 0.2) is 0 Å². The van der Waals surface area contributed by atoms with E-state index < -0.39 is 0 Å². The second kappa shape index (κ2) is 4.28. The highest BCUT2D eigenvalue weighted by Crippen LogP contribution is 2.17. The Bertz CT molecular complexity index is 220. The minimum absolute atomic E-state index is 0.0127. The lowest BCUT2D eigenvalue weighted by atomic mass is 10.0. The lowest BCUT2D eigenvalue weighted by Gasteiger charge is -2.37. The summed E-state index contributed by atoms with van der Waals surface area (Å²) in [7, 11) is 0. The van der Waals surface area contributed by atoms with Crippen molar-refractivity contribution in [3.63, 3.8) is 0 Å². The van der Waals surface area contributed by atoms with Gasteiger partial charge in [0.05, 0.1) is 12.1 Å². The van der Waals surface area contributed by atoms with E-state index in [4.69, 9.17) is 0 Å². The Balaban J connectivity index is 1.94. The number of likely N-dealkylation sites (tertiary alicyclic amines) is 1. The Hall–Kier alpha value is -0.610. The van der Waals surface area contributed by atoms with Crippen LogP contribution in [0.3, 0.4) is 0 Å².